The number of fused-ring (bicyclic) bond motifs is 1. The molecule has 5 heterocycles. The van der Waals surface area contributed by atoms with Crippen molar-refractivity contribution >= 4 is 35.6 Å². The molecule has 1 atom stereocenters. The van der Waals surface area contributed by atoms with Crippen molar-refractivity contribution < 1.29 is 38.6 Å². The molecular formula is C44H60N6O8. The Morgan fingerprint density at radius 2 is 1.48 bits per heavy atom. The summed E-state index contributed by atoms with van der Waals surface area (Å²) in [5.41, 5.74) is 4.18. The molecule has 0 aromatic heterocycles. The van der Waals surface area contributed by atoms with Crippen LogP contribution in [0, 0.1) is 25.7 Å². The lowest BCUT2D eigenvalue weighted by Gasteiger charge is -2.41. The quantitative estimate of drug-likeness (QED) is 0.308. The minimum Gasteiger partial charge on any atom is -0.507 e. The molecule has 0 bridgehead atoms. The molecule has 0 spiro atoms. The first-order valence-corrected chi connectivity index (χ1v) is 21.4. The number of rotatable bonds is 11. The van der Waals surface area contributed by atoms with Gasteiger partial charge in [0.2, 0.25) is 5.91 Å². The Kier molecular flexibility index (Phi) is 13.4. The third kappa shape index (κ3) is 10.0. The number of urea groups is 1. The van der Waals surface area contributed by atoms with Crippen molar-refractivity contribution in [3.8, 4) is 5.75 Å². The predicted octanol–water partition coefficient (Wildman–Crippen LogP) is 4.73. The highest BCUT2D eigenvalue weighted by Gasteiger charge is 2.37. The number of esters is 1. The Bertz CT molecular complexity index is 1790. The van der Waals surface area contributed by atoms with Gasteiger partial charge in [0.25, 0.3) is 5.91 Å². The molecule has 314 valence electrons. The first-order chi connectivity index (χ1) is 28.0. The van der Waals surface area contributed by atoms with E-state index in [1.54, 1.807) is 9.80 Å². The van der Waals surface area contributed by atoms with E-state index >= 15 is 0 Å². The number of carbonyl (C=O) groups is 5. The number of anilines is 1. The van der Waals surface area contributed by atoms with Gasteiger partial charge in [-0.1, -0.05) is 30.3 Å². The van der Waals surface area contributed by atoms with Gasteiger partial charge in [0.15, 0.2) is 6.10 Å². The summed E-state index contributed by atoms with van der Waals surface area (Å²) in [6, 6.07) is 11.4. The highest BCUT2D eigenvalue weighted by molar-refractivity contribution is 5.91. The summed E-state index contributed by atoms with van der Waals surface area (Å²) in [4.78, 5) is 74.7. The van der Waals surface area contributed by atoms with Crippen LogP contribution in [0.3, 0.4) is 0 Å². The second kappa shape index (κ2) is 18.8. The number of hydrogen-bond acceptors (Lipinski definition) is 9. The fraction of sp³-hybridized carbons (Fsp3) is 0.614. The van der Waals surface area contributed by atoms with Crippen LogP contribution >= 0.6 is 0 Å². The molecule has 58 heavy (non-hydrogen) atoms. The molecule has 2 aromatic carbocycles. The van der Waals surface area contributed by atoms with Crippen molar-refractivity contribution in [3.63, 3.8) is 0 Å². The van der Waals surface area contributed by atoms with Gasteiger partial charge in [-0.15, -0.1) is 0 Å². The molecule has 2 N–H and O–H groups in total. The van der Waals surface area contributed by atoms with E-state index in [1.807, 2.05) is 60.0 Å². The van der Waals surface area contributed by atoms with Gasteiger partial charge >= 0.3 is 18.1 Å². The van der Waals surface area contributed by atoms with E-state index in [0.717, 1.165) is 75.0 Å². The zero-order valence-corrected chi connectivity index (χ0v) is 34.2. The Balaban J connectivity index is 0.895. The third-order valence-corrected chi connectivity index (χ3v) is 13.1. The van der Waals surface area contributed by atoms with E-state index in [4.69, 9.17) is 9.47 Å². The monoisotopic (exact) mass is 800 g/mol. The van der Waals surface area contributed by atoms with Gasteiger partial charge in [-0.25, -0.2) is 9.59 Å². The number of phenols is 1. The van der Waals surface area contributed by atoms with Gasteiger partial charge in [-0.2, -0.15) is 0 Å². The molecule has 0 radical (unpaired) electrons. The predicted molar refractivity (Wildman–Crippen MR) is 217 cm³/mol. The minimum atomic E-state index is -1.01. The molecule has 14 heteroatoms. The van der Waals surface area contributed by atoms with Crippen molar-refractivity contribution in [3.05, 3.63) is 58.7 Å². The van der Waals surface area contributed by atoms with Crippen LogP contribution in [0.4, 0.5) is 15.3 Å². The number of ether oxygens (including phenoxy) is 2. The summed E-state index contributed by atoms with van der Waals surface area (Å²) in [5.74, 6) is 0.888. The molecule has 0 aliphatic carbocycles. The van der Waals surface area contributed by atoms with Gasteiger partial charge in [-0.05, 0) is 118 Å². The average Bonchev–Trinajstić information content (AvgIpc) is 3.55. The third-order valence-electron chi connectivity index (χ3n) is 13.1. The molecule has 0 unspecified atom stereocenters. The van der Waals surface area contributed by atoms with Crippen LogP contribution < -0.4 is 5.32 Å². The van der Waals surface area contributed by atoms with Crippen molar-refractivity contribution in [1.29, 1.82) is 0 Å². The lowest BCUT2D eigenvalue weighted by molar-refractivity contribution is -0.147. The van der Waals surface area contributed by atoms with E-state index < -0.39 is 12.2 Å². The Morgan fingerprint density at radius 3 is 2.16 bits per heavy atom. The van der Waals surface area contributed by atoms with Crippen LogP contribution in [0.5, 0.6) is 5.75 Å². The number of piperidine rings is 3. The van der Waals surface area contributed by atoms with E-state index in [1.165, 1.54) is 0 Å². The smallest absolute Gasteiger partial charge is 0.410 e. The highest BCUT2D eigenvalue weighted by atomic mass is 16.6. The van der Waals surface area contributed by atoms with Crippen LogP contribution in [0.1, 0.15) is 73.6 Å². The number of phenolic OH excluding ortho intramolecular Hbond substituents is 1. The van der Waals surface area contributed by atoms with Gasteiger partial charge in [0, 0.05) is 63.8 Å². The summed E-state index contributed by atoms with van der Waals surface area (Å²) in [6.45, 7) is 9.62. The Morgan fingerprint density at radius 1 is 0.828 bits per heavy atom. The average molecular weight is 801 g/mol. The van der Waals surface area contributed by atoms with Gasteiger partial charge < -0.3 is 39.5 Å². The summed E-state index contributed by atoms with van der Waals surface area (Å²) in [6.07, 6.45) is 5.82. The van der Waals surface area contributed by atoms with E-state index in [-0.39, 0.29) is 55.2 Å². The normalized spacial score (nSPS) is 20.7. The van der Waals surface area contributed by atoms with Gasteiger partial charge in [0.05, 0.1) is 13.1 Å². The summed E-state index contributed by atoms with van der Waals surface area (Å²) in [7, 11) is 0. The lowest BCUT2D eigenvalue weighted by atomic mass is 9.78. The molecular weight excluding hydrogens is 741 g/mol. The number of amides is 5. The van der Waals surface area contributed by atoms with Crippen LogP contribution in [0.15, 0.2) is 36.4 Å². The maximum absolute atomic E-state index is 14.2. The second-order valence-corrected chi connectivity index (χ2v) is 16.9. The number of benzene rings is 2. The van der Waals surface area contributed by atoms with E-state index in [9.17, 15) is 29.1 Å². The molecule has 5 amide bonds. The fourth-order valence-electron chi connectivity index (χ4n) is 9.67. The molecule has 2 aromatic rings. The lowest BCUT2D eigenvalue weighted by Crippen LogP contribution is -2.52. The Labute approximate surface area is 341 Å². The zero-order chi connectivity index (χ0) is 40.8. The van der Waals surface area contributed by atoms with Crippen LogP contribution in [-0.2, 0) is 36.7 Å². The van der Waals surface area contributed by atoms with Gasteiger partial charge in [-0.3, -0.25) is 19.3 Å². The van der Waals surface area contributed by atoms with Crippen LogP contribution in [0.2, 0.25) is 0 Å². The maximum Gasteiger partial charge on any atom is 0.410 e. The first-order valence-electron chi connectivity index (χ1n) is 21.4. The standard InChI is InChI=1S/C44H60N6O8/c1-30-26-32(27-31(2)41(30)53)28-38(58-44(56)49-21-14-36(15-22-49)50-23-13-35-6-3-4-7-37(35)45-43(50)55)42(54)48-19-11-34(12-20-48)33-9-17-46(18-10-33)29-40(52)57-25-24-47-16-5-8-39(47)51/h3-4,6-7,26-27,33-34,36,38,53H,5,8-25,28-29H2,1-2H3,(H,45,55)/t38-/m1/s1. The van der Waals surface area contributed by atoms with Crippen molar-refractivity contribution in [1.82, 2.24) is 24.5 Å². The number of aryl methyl sites for hydroxylation is 2. The fourth-order valence-corrected chi connectivity index (χ4v) is 9.67. The van der Waals surface area contributed by atoms with Crippen LogP contribution in [0.25, 0.3) is 0 Å². The molecule has 4 fully saturated rings. The topological polar surface area (TPSA) is 152 Å². The second-order valence-electron chi connectivity index (χ2n) is 16.9. The maximum atomic E-state index is 14.2. The number of hydrogen-bond donors (Lipinski definition) is 2. The Hall–Kier alpha value is -4.85. The van der Waals surface area contributed by atoms with E-state index in [0.29, 0.717) is 81.5 Å². The summed E-state index contributed by atoms with van der Waals surface area (Å²) >= 11 is 0. The summed E-state index contributed by atoms with van der Waals surface area (Å²) in [5, 5.41) is 13.5. The molecule has 4 saturated heterocycles. The molecule has 14 nitrogen and oxygen atoms in total. The highest BCUT2D eigenvalue weighted by Crippen LogP contribution is 2.33. The minimum absolute atomic E-state index is 0.00713. The van der Waals surface area contributed by atoms with E-state index in [2.05, 4.69) is 10.2 Å². The van der Waals surface area contributed by atoms with Crippen molar-refractivity contribution in [2.75, 3.05) is 77.4 Å². The number of nitrogens with zero attached hydrogens (tertiary/aromatic N) is 5. The number of likely N-dealkylation sites (tertiary alicyclic amines) is 4. The first kappa shape index (κ1) is 41.3. The SMILES string of the molecule is Cc1cc(C[C@@H](OC(=O)N2CCC(N3CCc4ccccc4NC3=O)CC2)C(=O)N2CCC(C3CCN(CC(=O)OCCN4CCCC4=O)CC3)CC2)cc(C)c1O. The van der Waals surface area contributed by atoms with Crippen LogP contribution in [-0.4, -0.2) is 144 Å². The molecule has 7 rings (SSSR count). The van der Waals surface area contributed by atoms with Crippen molar-refractivity contribution in [2.24, 2.45) is 11.8 Å². The zero-order valence-electron chi connectivity index (χ0n) is 34.2. The van der Waals surface area contributed by atoms with Crippen molar-refractivity contribution in [2.45, 2.75) is 90.2 Å². The summed E-state index contributed by atoms with van der Waals surface area (Å²) < 4.78 is 11.5. The molecule has 0 saturated carbocycles. The number of carbonyl (C=O) groups excluding carboxylic acids is 5. The number of para-hydroxylation sites is 1. The van der Waals surface area contributed by atoms with Gasteiger partial charge in [0.1, 0.15) is 12.4 Å². The number of nitrogens with one attached hydrogen (secondary N) is 1. The molecule has 5 aliphatic rings. The number of aromatic hydroxyl groups is 1. The largest absolute Gasteiger partial charge is 0.507 e. The molecule has 5 aliphatic heterocycles.